The van der Waals surface area contributed by atoms with Gasteiger partial charge in [0.25, 0.3) is 0 Å². The number of hydrogen-bond acceptors (Lipinski definition) is 2. The van der Waals surface area contributed by atoms with Gasteiger partial charge in [0.2, 0.25) is 11.8 Å². The van der Waals surface area contributed by atoms with Crippen LogP contribution in [0.4, 0.5) is 4.39 Å². The minimum Gasteiger partial charge on any atom is -0.474 e. The highest BCUT2D eigenvalue weighted by molar-refractivity contribution is 5.08. The summed E-state index contributed by atoms with van der Waals surface area (Å²) < 4.78 is 17.5. The predicted molar refractivity (Wildman–Crippen MR) is 38.8 cm³/mol. The molecule has 0 aromatic carbocycles. The van der Waals surface area contributed by atoms with Crippen LogP contribution < -0.4 is 4.74 Å². The first-order chi connectivity index (χ1) is 5.18. The van der Waals surface area contributed by atoms with E-state index in [0.717, 1.165) is 0 Å². The average molecular weight is 154 g/mol. The lowest BCUT2D eigenvalue weighted by Gasteiger charge is -2.06. The van der Waals surface area contributed by atoms with Crippen molar-refractivity contribution in [3.8, 4) is 5.88 Å². The zero-order valence-electron chi connectivity index (χ0n) is 6.47. The summed E-state index contributed by atoms with van der Waals surface area (Å²) in [5, 5.41) is 0. The SMILES string of the molecule is CC(C)Oc1[c]ccc(F)n1. The molecule has 2 nitrogen and oxygen atoms in total. The Labute approximate surface area is 65.0 Å². The van der Waals surface area contributed by atoms with E-state index in [1.807, 2.05) is 13.8 Å². The maximum absolute atomic E-state index is 12.4. The monoisotopic (exact) mass is 154 g/mol. The molecule has 0 atom stereocenters. The van der Waals surface area contributed by atoms with Crippen LogP contribution in [0, 0.1) is 12.0 Å². The highest BCUT2D eigenvalue weighted by atomic mass is 19.1. The van der Waals surface area contributed by atoms with Crippen LogP contribution in [0.15, 0.2) is 12.1 Å². The molecule has 1 radical (unpaired) electrons. The van der Waals surface area contributed by atoms with Crippen molar-refractivity contribution in [2.24, 2.45) is 0 Å². The third-order valence-electron chi connectivity index (χ3n) is 0.983. The summed E-state index contributed by atoms with van der Waals surface area (Å²) in [4.78, 5) is 3.47. The van der Waals surface area contributed by atoms with Gasteiger partial charge in [0.15, 0.2) is 0 Å². The van der Waals surface area contributed by atoms with Crippen molar-refractivity contribution < 1.29 is 9.13 Å². The van der Waals surface area contributed by atoms with Crippen LogP contribution >= 0.6 is 0 Å². The van der Waals surface area contributed by atoms with E-state index in [1.165, 1.54) is 12.1 Å². The molecular formula is C8H9FNO. The molecule has 0 aliphatic rings. The number of hydrogen-bond donors (Lipinski definition) is 0. The number of halogens is 1. The van der Waals surface area contributed by atoms with E-state index in [2.05, 4.69) is 11.1 Å². The molecule has 1 aromatic rings. The molecule has 0 aliphatic heterocycles. The van der Waals surface area contributed by atoms with E-state index in [-0.39, 0.29) is 12.0 Å². The number of nitrogens with zero attached hydrogens (tertiary/aromatic N) is 1. The van der Waals surface area contributed by atoms with Gasteiger partial charge in [-0.3, -0.25) is 0 Å². The Morgan fingerprint density at radius 1 is 1.64 bits per heavy atom. The molecule has 0 spiro atoms. The van der Waals surface area contributed by atoms with Gasteiger partial charge in [-0.05, 0) is 26.0 Å². The normalized spacial score (nSPS) is 10.2. The Morgan fingerprint density at radius 2 is 2.36 bits per heavy atom. The lowest BCUT2D eigenvalue weighted by atomic mass is 10.4. The zero-order chi connectivity index (χ0) is 8.27. The number of pyridine rings is 1. The van der Waals surface area contributed by atoms with Crippen LogP contribution in [0.2, 0.25) is 0 Å². The van der Waals surface area contributed by atoms with Crippen molar-refractivity contribution in [2.45, 2.75) is 20.0 Å². The molecule has 0 saturated carbocycles. The second-order valence-corrected chi connectivity index (χ2v) is 2.38. The smallest absolute Gasteiger partial charge is 0.224 e. The summed E-state index contributed by atoms with van der Waals surface area (Å²) in [6.45, 7) is 3.70. The average Bonchev–Trinajstić information content (AvgIpc) is 1.85. The second kappa shape index (κ2) is 3.32. The Morgan fingerprint density at radius 3 is 2.91 bits per heavy atom. The Hall–Kier alpha value is -1.12. The molecule has 0 N–H and O–H groups in total. The van der Waals surface area contributed by atoms with Crippen molar-refractivity contribution in [2.75, 3.05) is 0 Å². The zero-order valence-corrected chi connectivity index (χ0v) is 6.47. The fourth-order valence-electron chi connectivity index (χ4n) is 0.632. The van der Waals surface area contributed by atoms with Crippen LogP contribution in [0.5, 0.6) is 5.88 Å². The van der Waals surface area contributed by atoms with Crippen LogP contribution in [-0.4, -0.2) is 11.1 Å². The maximum atomic E-state index is 12.4. The number of ether oxygens (including phenoxy) is 1. The molecule has 0 aliphatic carbocycles. The first-order valence-corrected chi connectivity index (χ1v) is 3.39. The molecule has 1 heterocycles. The first-order valence-electron chi connectivity index (χ1n) is 3.39. The molecular weight excluding hydrogens is 145 g/mol. The van der Waals surface area contributed by atoms with Gasteiger partial charge in [0.05, 0.1) is 6.10 Å². The summed E-state index contributed by atoms with van der Waals surface area (Å²) in [5.41, 5.74) is 0. The van der Waals surface area contributed by atoms with Gasteiger partial charge >= 0.3 is 0 Å². The van der Waals surface area contributed by atoms with Gasteiger partial charge in [-0.1, -0.05) is 0 Å². The Balaban J connectivity index is 2.71. The van der Waals surface area contributed by atoms with Crippen LogP contribution in [0.1, 0.15) is 13.8 Å². The molecule has 0 saturated heterocycles. The molecule has 0 unspecified atom stereocenters. The van der Waals surface area contributed by atoms with E-state index in [4.69, 9.17) is 4.74 Å². The molecule has 59 valence electrons. The summed E-state index contributed by atoms with van der Waals surface area (Å²) in [7, 11) is 0. The summed E-state index contributed by atoms with van der Waals surface area (Å²) >= 11 is 0. The molecule has 0 bridgehead atoms. The highest BCUT2D eigenvalue weighted by Gasteiger charge is 1.99. The molecule has 0 amide bonds. The van der Waals surface area contributed by atoms with Crippen molar-refractivity contribution in [3.63, 3.8) is 0 Å². The van der Waals surface area contributed by atoms with Crippen LogP contribution in [-0.2, 0) is 0 Å². The largest absolute Gasteiger partial charge is 0.474 e. The van der Waals surface area contributed by atoms with Gasteiger partial charge in [-0.2, -0.15) is 9.37 Å². The topological polar surface area (TPSA) is 22.1 Å². The number of rotatable bonds is 2. The van der Waals surface area contributed by atoms with E-state index in [1.54, 1.807) is 0 Å². The van der Waals surface area contributed by atoms with Gasteiger partial charge in [0.1, 0.15) is 0 Å². The van der Waals surface area contributed by atoms with E-state index < -0.39 is 5.95 Å². The Bertz CT molecular complexity index is 237. The fourth-order valence-corrected chi connectivity index (χ4v) is 0.632. The third-order valence-corrected chi connectivity index (χ3v) is 0.983. The van der Waals surface area contributed by atoms with Crippen molar-refractivity contribution in [1.29, 1.82) is 0 Å². The van der Waals surface area contributed by atoms with E-state index in [9.17, 15) is 4.39 Å². The molecule has 11 heavy (non-hydrogen) atoms. The lowest BCUT2D eigenvalue weighted by molar-refractivity contribution is 0.229. The predicted octanol–water partition coefficient (Wildman–Crippen LogP) is 1.81. The first kappa shape index (κ1) is 7.98. The van der Waals surface area contributed by atoms with Gasteiger partial charge in [-0.25, -0.2) is 0 Å². The van der Waals surface area contributed by atoms with Crippen LogP contribution in [0.25, 0.3) is 0 Å². The van der Waals surface area contributed by atoms with Crippen LogP contribution in [0.3, 0.4) is 0 Å². The van der Waals surface area contributed by atoms with Crippen molar-refractivity contribution >= 4 is 0 Å². The third kappa shape index (κ3) is 2.53. The molecule has 3 heteroatoms. The summed E-state index contributed by atoms with van der Waals surface area (Å²) in [6, 6.07) is 5.34. The fraction of sp³-hybridized carbons (Fsp3) is 0.375. The maximum Gasteiger partial charge on any atom is 0.224 e. The highest BCUT2D eigenvalue weighted by Crippen LogP contribution is 2.06. The molecule has 0 fully saturated rings. The molecule has 1 rings (SSSR count). The van der Waals surface area contributed by atoms with Gasteiger partial charge in [0, 0.05) is 6.07 Å². The quantitative estimate of drug-likeness (QED) is 0.606. The van der Waals surface area contributed by atoms with E-state index in [0.29, 0.717) is 0 Å². The summed E-state index contributed by atoms with van der Waals surface area (Å²) in [5.74, 6) is -0.334. The van der Waals surface area contributed by atoms with Gasteiger partial charge in [-0.15, -0.1) is 0 Å². The standard InChI is InChI=1S/C8H9FNO/c1-6(2)11-8-5-3-4-7(9)10-8/h3-4,6H,1-2H3. The van der Waals surface area contributed by atoms with Gasteiger partial charge < -0.3 is 4.74 Å². The van der Waals surface area contributed by atoms with E-state index >= 15 is 0 Å². The minimum absolute atomic E-state index is 0.000509. The number of aromatic nitrogens is 1. The minimum atomic E-state index is -0.542. The lowest BCUT2D eigenvalue weighted by Crippen LogP contribution is -2.07. The summed E-state index contributed by atoms with van der Waals surface area (Å²) in [6.07, 6.45) is 0.000509. The van der Waals surface area contributed by atoms with Crippen molar-refractivity contribution in [1.82, 2.24) is 4.98 Å². The molecule has 1 aromatic heterocycles. The second-order valence-electron chi connectivity index (χ2n) is 2.38. The Kier molecular flexibility index (Phi) is 2.41. The van der Waals surface area contributed by atoms with Crippen molar-refractivity contribution in [3.05, 3.63) is 24.1 Å².